The number of carbonyl (C=O) groups excluding carboxylic acids is 1. The van der Waals surface area contributed by atoms with Crippen LogP contribution in [0.2, 0.25) is 5.02 Å². The van der Waals surface area contributed by atoms with E-state index in [4.69, 9.17) is 20.8 Å². The van der Waals surface area contributed by atoms with Gasteiger partial charge in [0.1, 0.15) is 28.7 Å². The van der Waals surface area contributed by atoms with Crippen LogP contribution in [0.15, 0.2) is 82.3 Å². The molecule has 0 unspecified atom stereocenters. The lowest BCUT2D eigenvalue weighted by Gasteiger charge is -2.26. The predicted molar refractivity (Wildman–Crippen MR) is 128 cm³/mol. The summed E-state index contributed by atoms with van der Waals surface area (Å²) in [5.41, 5.74) is 2.90. The predicted octanol–water partition coefficient (Wildman–Crippen LogP) is 5.81. The lowest BCUT2D eigenvalue weighted by atomic mass is 9.83. The minimum absolute atomic E-state index is 0.0347. The van der Waals surface area contributed by atoms with Gasteiger partial charge < -0.3 is 14.3 Å². The van der Waals surface area contributed by atoms with Crippen molar-refractivity contribution in [1.29, 1.82) is 0 Å². The van der Waals surface area contributed by atoms with Crippen LogP contribution < -0.4 is 10.2 Å². The van der Waals surface area contributed by atoms with Gasteiger partial charge in [0.25, 0.3) is 0 Å². The van der Waals surface area contributed by atoms with Gasteiger partial charge in [0.15, 0.2) is 0 Å². The normalized spacial score (nSPS) is 15.3. The number of para-hydroxylation sites is 1. The first-order chi connectivity index (χ1) is 16.5. The Morgan fingerprint density at radius 3 is 2.65 bits per heavy atom. The van der Waals surface area contributed by atoms with Crippen LogP contribution in [0.1, 0.15) is 23.5 Å². The number of ether oxygens (including phenoxy) is 1. The second-order valence-electron chi connectivity index (χ2n) is 8.15. The standard InChI is InChI=1S/C27H16ClNO5/c28-15-7-5-14(6-8-15)19-13-33-27-24-18(16-9-10-29-20-4-2-1-3-17(16)20)11-23(31)34-22(24)12-21(30)25(27)26(19)32/h1-10,12-13,18,30H,11H2/t18-/m0/s1. The van der Waals surface area contributed by atoms with Gasteiger partial charge in [-0.05, 0) is 35.4 Å². The van der Waals surface area contributed by atoms with Crippen LogP contribution in [0, 0.1) is 0 Å². The third-order valence-corrected chi connectivity index (χ3v) is 6.44. The van der Waals surface area contributed by atoms with Crippen molar-refractivity contribution < 1.29 is 19.1 Å². The number of phenols is 1. The summed E-state index contributed by atoms with van der Waals surface area (Å²) in [7, 11) is 0. The van der Waals surface area contributed by atoms with E-state index in [1.165, 1.54) is 12.3 Å². The number of pyridine rings is 1. The van der Waals surface area contributed by atoms with E-state index in [2.05, 4.69) is 4.98 Å². The van der Waals surface area contributed by atoms with Crippen molar-refractivity contribution in [2.45, 2.75) is 12.3 Å². The van der Waals surface area contributed by atoms with Crippen LogP contribution in [0.25, 0.3) is 33.0 Å². The molecule has 0 amide bonds. The third-order valence-electron chi connectivity index (χ3n) is 6.18. The number of carbonyl (C=O) groups is 1. The highest BCUT2D eigenvalue weighted by atomic mass is 35.5. The average Bonchev–Trinajstić information content (AvgIpc) is 2.84. The number of aromatic hydroxyl groups is 1. The van der Waals surface area contributed by atoms with Crippen molar-refractivity contribution in [3.63, 3.8) is 0 Å². The number of hydrogen-bond acceptors (Lipinski definition) is 6. The number of fused-ring (bicyclic) bond motifs is 4. The first-order valence-electron chi connectivity index (χ1n) is 10.6. The molecule has 1 N–H and O–H groups in total. The molecule has 3 aromatic carbocycles. The average molecular weight is 470 g/mol. The fraction of sp³-hybridized carbons (Fsp3) is 0.0741. The van der Waals surface area contributed by atoms with Gasteiger partial charge in [0, 0.05) is 34.2 Å². The molecular weight excluding hydrogens is 454 g/mol. The Morgan fingerprint density at radius 2 is 1.82 bits per heavy atom. The maximum absolute atomic E-state index is 13.5. The fourth-order valence-electron chi connectivity index (χ4n) is 4.65. The van der Waals surface area contributed by atoms with Gasteiger partial charge in [0.05, 0.1) is 17.5 Å². The molecule has 5 aromatic rings. The van der Waals surface area contributed by atoms with Crippen molar-refractivity contribution >= 4 is 39.4 Å². The van der Waals surface area contributed by atoms with Crippen LogP contribution in [0.4, 0.5) is 0 Å². The molecule has 1 aliphatic rings. The van der Waals surface area contributed by atoms with Gasteiger partial charge in [-0.3, -0.25) is 14.6 Å². The summed E-state index contributed by atoms with van der Waals surface area (Å²) in [6.45, 7) is 0. The fourth-order valence-corrected chi connectivity index (χ4v) is 4.77. The Bertz CT molecular complexity index is 1670. The zero-order valence-corrected chi connectivity index (χ0v) is 18.4. The van der Waals surface area contributed by atoms with Crippen molar-refractivity contribution in [3.05, 3.63) is 99.5 Å². The van der Waals surface area contributed by atoms with E-state index in [0.717, 1.165) is 16.5 Å². The molecule has 0 saturated heterocycles. The highest BCUT2D eigenvalue weighted by Gasteiger charge is 2.34. The molecule has 6 nitrogen and oxygen atoms in total. The number of benzene rings is 3. The first kappa shape index (κ1) is 20.4. The number of hydrogen-bond donors (Lipinski definition) is 1. The van der Waals surface area contributed by atoms with E-state index in [1.807, 2.05) is 30.3 Å². The van der Waals surface area contributed by atoms with E-state index >= 15 is 0 Å². The first-order valence-corrected chi connectivity index (χ1v) is 11.0. The monoisotopic (exact) mass is 469 g/mol. The van der Waals surface area contributed by atoms with Crippen LogP contribution in [0.5, 0.6) is 11.5 Å². The summed E-state index contributed by atoms with van der Waals surface area (Å²) in [6, 6.07) is 17.6. The molecule has 0 saturated carbocycles. The SMILES string of the molecule is O=C1C[C@@H](c2ccnc3ccccc23)c2c(cc(O)c3c(=O)c(-c4ccc(Cl)cc4)coc23)O1. The lowest BCUT2D eigenvalue weighted by molar-refractivity contribution is -0.135. The molecule has 6 rings (SSSR count). The summed E-state index contributed by atoms with van der Waals surface area (Å²) < 4.78 is 11.4. The van der Waals surface area contributed by atoms with E-state index in [0.29, 0.717) is 16.1 Å². The van der Waals surface area contributed by atoms with Gasteiger partial charge in [-0.2, -0.15) is 0 Å². The van der Waals surface area contributed by atoms with Crippen molar-refractivity contribution in [1.82, 2.24) is 4.98 Å². The topological polar surface area (TPSA) is 89.6 Å². The number of nitrogens with zero attached hydrogens (tertiary/aromatic N) is 1. The highest BCUT2D eigenvalue weighted by Crippen LogP contribution is 2.46. The molecule has 0 bridgehead atoms. The molecule has 166 valence electrons. The van der Waals surface area contributed by atoms with Gasteiger partial charge in [0.2, 0.25) is 5.43 Å². The Hall–Kier alpha value is -4.16. The summed E-state index contributed by atoms with van der Waals surface area (Å²) in [5, 5.41) is 12.2. The number of esters is 1. The Labute approximate surface area is 198 Å². The number of rotatable bonds is 2. The second kappa shape index (κ2) is 7.71. The summed E-state index contributed by atoms with van der Waals surface area (Å²) in [5.74, 6) is -1.02. The van der Waals surface area contributed by atoms with Crippen LogP contribution >= 0.6 is 11.6 Å². The summed E-state index contributed by atoms with van der Waals surface area (Å²) >= 11 is 5.98. The van der Waals surface area contributed by atoms with E-state index < -0.39 is 11.9 Å². The zero-order chi connectivity index (χ0) is 23.4. The van der Waals surface area contributed by atoms with Crippen molar-refractivity contribution in [2.75, 3.05) is 0 Å². The Kier molecular flexibility index (Phi) is 4.64. The summed E-state index contributed by atoms with van der Waals surface area (Å²) in [4.78, 5) is 30.4. The minimum atomic E-state index is -0.447. The Balaban J connectivity index is 1.64. The number of phenolic OH excluding ortho intramolecular Hbond substituents is 1. The molecule has 7 heteroatoms. The molecule has 0 fully saturated rings. The Morgan fingerprint density at radius 1 is 1.03 bits per heavy atom. The molecular formula is C27H16ClNO5. The molecule has 34 heavy (non-hydrogen) atoms. The lowest BCUT2D eigenvalue weighted by Crippen LogP contribution is -2.22. The molecule has 3 heterocycles. The van der Waals surface area contributed by atoms with Crippen molar-refractivity contribution in [2.24, 2.45) is 0 Å². The molecule has 0 aliphatic carbocycles. The van der Waals surface area contributed by atoms with Gasteiger partial charge in [-0.25, -0.2) is 0 Å². The zero-order valence-electron chi connectivity index (χ0n) is 17.6. The molecule has 2 aromatic heterocycles. The number of aromatic nitrogens is 1. The van der Waals surface area contributed by atoms with Crippen LogP contribution in [0.3, 0.4) is 0 Å². The maximum atomic E-state index is 13.5. The molecule has 1 aliphatic heterocycles. The quantitative estimate of drug-likeness (QED) is 0.259. The number of halogens is 1. The van der Waals surface area contributed by atoms with Crippen LogP contribution in [-0.4, -0.2) is 16.1 Å². The van der Waals surface area contributed by atoms with Crippen LogP contribution in [-0.2, 0) is 4.79 Å². The third kappa shape index (κ3) is 3.15. The minimum Gasteiger partial charge on any atom is -0.507 e. The largest absolute Gasteiger partial charge is 0.507 e. The van der Waals surface area contributed by atoms with Crippen molar-refractivity contribution in [3.8, 4) is 22.6 Å². The van der Waals surface area contributed by atoms with Gasteiger partial charge in [-0.15, -0.1) is 0 Å². The van der Waals surface area contributed by atoms with Gasteiger partial charge >= 0.3 is 5.97 Å². The smallest absolute Gasteiger partial charge is 0.312 e. The van der Waals surface area contributed by atoms with Gasteiger partial charge in [-0.1, -0.05) is 41.9 Å². The van der Waals surface area contributed by atoms with E-state index in [1.54, 1.807) is 30.5 Å². The summed E-state index contributed by atoms with van der Waals surface area (Å²) in [6.07, 6.45) is 3.12. The van der Waals surface area contributed by atoms with E-state index in [-0.39, 0.29) is 39.9 Å². The maximum Gasteiger partial charge on any atom is 0.312 e. The molecule has 0 spiro atoms. The highest BCUT2D eigenvalue weighted by molar-refractivity contribution is 6.30. The molecule has 0 radical (unpaired) electrons. The second-order valence-corrected chi connectivity index (χ2v) is 8.58. The molecule has 1 atom stereocenters. The van der Waals surface area contributed by atoms with E-state index in [9.17, 15) is 14.7 Å².